The third-order valence-electron chi connectivity index (χ3n) is 6.12. The molecule has 0 aliphatic carbocycles. The number of benzene rings is 3. The van der Waals surface area contributed by atoms with E-state index in [2.05, 4.69) is 27.2 Å². The lowest BCUT2D eigenvalue weighted by atomic mass is 10.1. The van der Waals surface area contributed by atoms with Gasteiger partial charge in [-0.05, 0) is 56.3 Å². The average Bonchev–Trinajstić information content (AvgIpc) is 2.86. The Morgan fingerprint density at radius 1 is 0.943 bits per heavy atom. The summed E-state index contributed by atoms with van der Waals surface area (Å²) in [6.07, 6.45) is 3.71. The van der Waals surface area contributed by atoms with Crippen LogP contribution in [0.5, 0.6) is 11.5 Å². The number of halogens is 2. The van der Waals surface area contributed by atoms with Crippen molar-refractivity contribution in [2.75, 3.05) is 25.5 Å². The van der Waals surface area contributed by atoms with Gasteiger partial charge in [-0.2, -0.15) is 0 Å². The van der Waals surface area contributed by atoms with Crippen molar-refractivity contribution in [2.45, 2.75) is 25.6 Å². The minimum Gasteiger partial charge on any atom is -0.489 e. The Kier molecular flexibility index (Phi) is 7.23. The molecule has 0 radical (unpaired) electrons. The molecular weight excluding hydrogens is 483 g/mol. The molecule has 1 aromatic heterocycles. The lowest BCUT2D eigenvalue weighted by Gasteiger charge is -2.29. The van der Waals surface area contributed by atoms with E-state index in [-0.39, 0.29) is 6.10 Å². The van der Waals surface area contributed by atoms with E-state index >= 15 is 0 Å². The molecular formula is C27H26Cl2N4O2. The van der Waals surface area contributed by atoms with Gasteiger partial charge in [-0.15, -0.1) is 0 Å². The average molecular weight is 509 g/mol. The fourth-order valence-corrected chi connectivity index (χ4v) is 4.58. The molecule has 0 spiro atoms. The van der Waals surface area contributed by atoms with Crippen LogP contribution in [0.4, 0.5) is 11.5 Å². The molecule has 180 valence electrons. The molecule has 35 heavy (non-hydrogen) atoms. The van der Waals surface area contributed by atoms with Crippen LogP contribution >= 0.6 is 23.2 Å². The highest BCUT2D eigenvalue weighted by Gasteiger charge is 2.20. The van der Waals surface area contributed by atoms with Gasteiger partial charge < -0.3 is 19.7 Å². The Hall–Kier alpha value is -3.06. The third kappa shape index (κ3) is 5.61. The molecule has 0 amide bonds. The summed E-state index contributed by atoms with van der Waals surface area (Å²) >= 11 is 12.8. The van der Waals surface area contributed by atoms with E-state index in [9.17, 15) is 0 Å². The van der Waals surface area contributed by atoms with Crippen LogP contribution in [0.3, 0.4) is 0 Å². The van der Waals surface area contributed by atoms with Gasteiger partial charge >= 0.3 is 0 Å². The van der Waals surface area contributed by atoms with Crippen LogP contribution < -0.4 is 14.8 Å². The maximum atomic E-state index is 6.53. The Labute approximate surface area is 214 Å². The standard InChI is InChI=1S/C27H26Cl2N4O2/c1-33-13-11-20(12-14-33)35-25-8-4-7-23-26(25)27(31-17-30-23)32-19-9-10-24(22(29)15-19)34-16-18-5-2-3-6-21(18)28/h2-10,15,17,20H,11-14,16H2,1H3,(H,30,31,32). The van der Waals surface area contributed by atoms with Gasteiger partial charge in [0.05, 0.1) is 15.9 Å². The van der Waals surface area contributed by atoms with Crippen molar-refractivity contribution < 1.29 is 9.47 Å². The number of anilines is 2. The Bertz CT molecular complexity index is 1320. The molecule has 1 saturated heterocycles. The van der Waals surface area contributed by atoms with Crippen molar-refractivity contribution in [3.8, 4) is 11.5 Å². The quantitative estimate of drug-likeness (QED) is 0.298. The summed E-state index contributed by atoms with van der Waals surface area (Å²) in [4.78, 5) is 11.3. The van der Waals surface area contributed by atoms with Crippen molar-refractivity contribution >= 4 is 45.6 Å². The summed E-state index contributed by atoms with van der Waals surface area (Å²) in [6, 6.07) is 19.0. The number of ether oxygens (including phenoxy) is 2. The molecule has 6 nitrogen and oxygen atoms in total. The predicted molar refractivity (Wildman–Crippen MR) is 141 cm³/mol. The number of hydrogen-bond acceptors (Lipinski definition) is 6. The molecule has 1 N–H and O–H groups in total. The number of aromatic nitrogens is 2. The van der Waals surface area contributed by atoms with Crippen LogP contribution in [-0.4, -0.2) is 41.1 Å². The molecule has 5 rings (SSSR count). The zero-order valence-corrected chi connectivity index (χ0v) is 20.9. The topological polar surface area (TPSA) is 59.5 Å². The number of fused-ring (bicyclic) bond motifs is 1. The zero-order valence-electron chi connectivity index (χ0n) is 19.4. The van der Waals surface area contributed by atoms with E-state index in [4.69, 9.17) is 32.7 Å². The summed E-state index contributed by atoms with van der Waals surface area (Å²) in [7, 11) is 2.14. The van der Waals surface area contributed by atoms with Gasteiger partial charge in [0.1, 0.15) is 36.4 Å². The Balaban J connectivity index is 1.35. The van der Waals surface area contributed by atoms with Gasteiger partial charge in [0.15, 0.2) is 0 Å². The van der Waals surface area contributed by atoms with Gasteiger partial charge in [-0.25, -0.2) is 9.97 Å². The predicted octanol–water partition coefficient (Wildman–Crippen LogP) is 6.73. The monoisotopic (exact) mass is 508 g/mol. The largest absolute Gasteiger partial charge is 0.489 e. The van der Waals surface area contributed by atoms with Crippen molar-refractivity contribution in [3.05, 3.63) is 82.6 Å². The van der Waals surface area contributed by atoms with Gasteiger partial charge in [0.2, 0.25) is 0 Å². The van der Waals surface area contributed by atoms with E-state index in [1.807, 2.05) is 60.7 Å². The number of likely N-dealkylation sites (tertiary alicyclic amines) is 1. The van der Waals surface area contributed by atoms with Gasteiger partial charge in [-0.1, -0.05) is 47.5 Å². The third-order valence-corrected chi connectivity index (χ3v) is 6.78. The number of nitrogens with zero attached hydrogens (tertiary/aromatic N) is 3. The maximum Gasteiger partial charge on any atom is 0.145 e. The van der Waals surface area contributed by atoms with Crippen molar-refractivity contribution in [1.82, 2.24) is 14.9 Å². The fraction of sp³-hybridized carbons (Fsp3) is 0.259. The van der Waals surface area contributed by atoms with Crippen LogP contribution in [-0.2, 0) is 6.61 Å². The highest BCUT2D eigenvalue weighted by atomic mass is 35.5. The van der Waals surface area contributed by atoms with Crippen LogP contribution in [0.15, 0.2) is 67.0 Å². The first-order chi connectivity index (χ1) is 17.1. The smallest absolute Gasteiger partial charge is 0.145 e. The van der Waals surface area contributed by atoms with Gasteiger partial charge in [-0.3, -0.25) is 0 Å². The lowest BCUT2D eigenvalue weighted by molar-refractivity contribution is 0.116. The highest BCUT2D eigenvalue weighted by molar-refractivity contribution is 6.32. The normalized spacial score (nSPS) is 14.7. The lowest BCUT2D eigenvalue weighted by Crippen LogP contribution is -2.35. The van der Waals surface area contributed by atoms with Crippen LogP contribution in [0, 0.1) is 0 Å². The van der Waals surface area contributed by atoms with E-state index in [1.165, 1.54) is 0 Å². The van der Waals surface area contributed by atoms with Gasteiger partial charge in [0.25, 0.3) is 0 Å². The molecule has 0 unspecified atom stereocenters. The van der Waals surface area contributed by atoms with Gasteiger partial charge in [0, 0.05) is 29.4 Å². The first-order valence-corrected chi connectivity index (χ1v) is 12.3. The second-order valence-electron chi connectivity index (χ2n) is 8.64. The number of hydrogen-bond donors (Lipinski definition) is 1. The minimum absolute atomic E-state index is 0.175. The number of piperidine rings is 1. The second kappa shape index (κ2) is 10.7. The van der Waals surface area contributed by atoms with Crippen molar-refractivity contribution in [2.24, 2.45) is 0 Å². The SMILES string of the molecule is CN1CCC(Oc2cccc3ncnc(Nc4ccc(OCc5ccccc5Cl)c(Cl)c4)c23)CC1. The van der Waals surface area contributed by atoms with E-state index in [1.54, 1.807) is 6.33 Å². The Morgan fingerprint density at radius 3 is 2.57 bits per heavy atom. The summed E-state index contributed by atoms with van der Waals surface area (Å²) in [6.45, 7) is 2.39. The Morgan fingerprint density at radius 2 is 1.77 bits per heavy atom. The summed E-state index contributed by atoms with van der Waals surface area (Å²) < 4.78 is 12.3. The van der Waals surface area contributed by atoms with Crippen LogP contribution in [0.1, 0.15) is 18.4 Å². The molecule has 0 saturated carbocycles. The molecule has 1 fully saturated rings. The number of nitrogens with one attached hydrogen (secondary N) is 1. The highest BCUT2D eigenvalue weighted by Crippen LogP contribution is 2.35. The minimum atomic E-state index is 0.175. The second-order valence-corrected chi connectivity index (χ2v) is 9.46. The van der Waals surface area contributed by atoms with E-state index < -0.39 is 0 Å². The summed E-state index contributed by atoms with van der Waals surface area (Å²) in [5.41, 5.74) is 2.50. The molecule has 1 aliphatic heterocycles. The number of rotatable bonds is 7. The first-order valence-electron chi connectivity index (χ1n) is 11.6. The summed E-state index contributed by atoms with van der Waals surface area (Å²) in [5.74, 6) is 2.03. The van der Waals surface area contributed by atoms with E-state index in [0.29, 0.717) is 28.2 Å². The summed E-state index contributed by atoms with van der Waals surface area (Å²) in [5, 5.41) is 5.39. The molecule has 2 heterocycles. The molecule has 3 aromatic carbocycles. The zero-order chi connectivity index (χ0) is 24.2. The fourth-order valence-electron chi connectivity index (χ4n) is 4.16. The molecule has 1 aliphatic rings. The van der Waals surface area contributed by atoms with Crippen LogP contribution in [0.2, 0.25) is 10.0 Å². The first kappa shape index (κ1) is 23.7. The molecule has 4 aromatic rings. The maximum absolute atomic E-state index is 6.53. The molecule has 0 bridgehead atoms. The van der Waals surface area contributed by atoms with Crippen molar-refractivity contribution in [1.29, 1.82) is 0 Å². The van der Waals surface area contributed by atoms with Crippen LogP contribution in [0.25, 0.3) is 10.9 Å². The van der Waals surface area contributed by atoms with Crippen molar-refractivity contribution in [3.63, 3.8) is 0 Å². The molecule has 8 heteroatoms. The van der Waals surface area contributed by atoms with E-state index in [0.717, 1.165) is 53.8 Å². The molecule has 0 atom stereocenters.